The van der Waals surface area contributed by atoms with E-state index in [1.807, 2.05) is 29.2 Å². The molecule has 4 rings (SSSR count). The Bertz CT molecular complexity index is 1130. The molecule has 1 aliphatic carbocycles. The van der Waals surface area contributed by atoms with Gasteiger partial charge >= 0.3 is 6.03 Å². The molecule has 7 heteroatoms. The van der Waals surface area contributed by atoms with E-state index < -0.39 is 0 Å². The summed E-state index contributed by atoms with van der Waals surface area (Å²) < 4.78 is 18.9. The first-order chi connectivity index (χ1) is 17.5. The second-order valence-corrected chi connectivity index (χ2v) is 9.77. The van der Waals surface area contributed by atoms with E-state index in [1.54, 1.807) is 25.4 Å². The number of hydrogen-bond donors (Lipinski definition) is 2. The smallest absolute Gasteiger partial charge is 0.317 e. The summed E-state index contributed by atoms with van der Waals surface area (Å²) in [7, 11) is 1.67. The molecule has 2 aromatic carbocycles. The first-order valence-electron chi connectivity index (χ1n) is 13.0. The Morgan fingerprint density at radius 2 is 1.94 bits per heavy atom. The zero-order valence-corrected chi connectivity index (χ0v) is 21.3. The van der Waals surface area contributed by atoms with E-state index in [2.05, 4.69) is 22.5 Å². The number of urea groups is 1. The summed E-state index contributed by atoms with van der Waals surface area (Å²) in [5.41, 5.74) is 2.78. The molecule has 1 aromatic heterocycles. The fourth-order valence-corrected chi connectivity index (χ4v) is 4.89. The Hall–Kier alpha value is -3.35. The molecule has 2 N–H and O–H groups in total. The number of aromatic nitrogens is 1. The average molecular weight is 493 g/mol. The molecule has 0 radical (unpaired) electrons. The van der Waals surface area contributed by atoms with E-state index in [4.69, 9.17) is 4.74 Å². The predicted molar refractivity (Wildman–Crippen MR) is 143 cm³/mol. The third-order valence-electron chi connectivity index (χ3n) is 6.89. The summed E-state index contributed by atoms with van der Waals surface area (Å²) in [6, 6.07) is 14.7. The topological polar surface area (TPSA) is 66.5 Å². The highest BCUT2D eigenvalue weighted by Gasteiger charge is 2.20. The average Bonchev–Trinajstić information content (AvgIpc) is 2.89. The van der Waals surface area contributed by atoms with E-state index in [0.717, 1.165) is 53.6 Å². The van der Waals surface area contributed by atoms with Gasteiger partial charge in [-0.3, -0.25) is 4.98 Å². The lowest BCUT2D eigenvalue weighted by atomic mass is 9.96. The van der Waals surface area contributed by atoms with E-state index in [9.17, 15) is 9.18 Å². The zero-order valence-electron chi connectivity index (χ0n) is 21.3. The highest BCUT2D eigenvalue weighted by Crippen LogP contribution is 2.28. The van der Waals surface area contributed by atoms with Crippen molar-refractivity contribution in [1.29, 1.82) is 0 Å². The van der Waals surface area contributed by atoms with Gasteiger partial charge in [-0.1, -0.05) is 37.5 Å². The summed E-state index contributed by atoms with van der Waals surface area (Å²) in [6.07, 6.45) is 9.17. The number of anilines is 1. The van der Waals surface area contributed by atoms with Crippen LogP contribution in [0, 0.1) is 5.82 Å². The fraction of sp³-hybridized carbons (Fsp3) is 0.448. The Kier molecular flexibility index (Phi) is 8.98. The minimum absolute atomic E-state index is 0.0326. The Morgan fingerprint density at radius 1 is 1.17 bits per heavy atom. The molecule has 36 heavy (non-hydrogen) atoms. The molecule has 1 fully saturated rings. The van der Waals surface area contributed by atoms with Gasteiger partial charge in [0.05, 0.1) is 18.3 Å². The molecule has 2 amide bonds. The molecule has 1 saturated carbocycles. The van der Waals surface area contributed by atoms with Gasteiger partial charge in [-0.2, -0.15) is 0 Å². The van der Waals surface area contributed by atoms with Crippen molar-refractivity contribution in [3.05, 3.63) is 66.1 Å². The van der Waals surface area contributed by atoms with Gasteiger partial charge in [-0.05, 0) is 62.4 Å². The highest BCUT2D eigenvalue weighted by molar-refractivity contribution is 5.91. The third kappa shape index (κ3) is 7.09. The van der Waals surface area contributed by atoms with Gasteiger partial charge in [0.15, 0.2) is 0 Å². The van der Waals surface area contributed by atoms with Crippen LogP contribution >= 0.6 is 0 Å². The Labute approximate surface area is 213 Å². The molecule has 192 valence electrons. The maximum Gasteiger partial charge on any atom is 0.317 e. The van der Waals surface area contributed by atoms with E-state index >= 15 is 0 Å². The molecule has 1 aliphatic rings. The lowest BCUT2D eigenvalue weighted by molar-refractivity contribution is 0.186. The van der Waals surface area contributed by atoms with Crippen LogP contribution in [0.3, 0.4) is 0 Å². The van der Waals surface area contributed by atoms with Gasteiger partial charge < -0.3 is 20.3 Å². The van der Waals surface area contributed by atoms with E-state index in [-0.39, 0.29) is 23.9 Å². The van der Waals surface area contributed by atoms with Gasteiger partial charge in [0.25, 0.3) is 0 Å². The number of methoxy groups -OCH3 is 1. The molecule has 1 atom stereocenters. The van der Waals surface area contributed by atoms with Crippen LogP contribution in [0.2, 0.25) is 0 Å². The quantitative estimate of drug-likeness (QED) is 0.339. The number of nitrogens with zero attached hydrogens (tertiary/aromatic N) is 2. The van der Waals surface area contributed by atoms with Crippen molar-refractivity contribution in [3.8, 4) is 5.75 Å². The number of carbonyl (C=O) groups is 1. The van der Waals surface area contributed by atoms with E-state index in [1.165, 1.54) is 31.4 Å². The normalized spacial score (nSPS) is 14.9. The highest BCUT2D eigenvalue weighted by atomic mass is 19.1. The lowest BCUT2D eigenvalue weighted by Gasteiger charge is -2.29. The predicted octanol–water partition coefficient (Wildman–Crippen LogP) is 6.51. The second kappa shape index (κ2) is 12.6. The molecular weight excluding hydrogens is 455 g/mol. The first kappa shape index (κ1) is 25.7. The SMILES string of the molecule is COc1cc(NC(C)CCCN(Cc2ccc(F)cc2)C(=O)NC2CCCCC2)c2ncccc2c1. The van der Waals surface area contributed by atoms with E-state index in [0.29, 0.717) is 13.1 Å². The zero-order chi connectivity index (χ0) is 25.3. The van der Waals surface area contributed by atoms with Gasteiger partial charge in [0.1, 0.15) is 11.6 Å². The van der Waals surface area contributed by atoms with Crippen molar-refractivity contribution in [1.82, 2.24) is 15.2 Å². The number of amides is 2. The van der Waals surface area contributed by atoms with Crippen molar-refractivity contribution in [3.63, 3.8) is 0 Å². The molecular formula is C29H37FN4O2. The third-order valence-corrected chi connectivity index (χ3v) is 6.89. The van der Waals surface area contributed by atoms with Crippen LogP contribution in [0.25, 0.3) is 10.9 Å². The number of halogens is 1. The molecule has 3 aromatic rings. The Morgan fingerprint density at radius 3 is 2.69 bits per heavy atom. The summed E-state index contributed by atoms with van der Waals surface area (Å²) in [4.78, 5) is 19.6. The fourth-order valence-electron chi connectivity index (χ4n) is 4.89. The number of fused-ring (bicyclic) bond motifs is 1. The molecule has 1 unspecified atom stereocenters. The van der Waals surface area contributed by atoms with Gasteiger partial charge in [0.2, 0.25) is 0 Å². The van der Waals surface area contributed by atoms with Crippen LogP contribution in [0.1, 0.15) is 57.4 Å². The maximum atomic E-state index is 13.4. The van der Waals surface area contributed by atoms with Crippen molar-refractivity contribution >= 4 is 22.6 Å². The minimum atomic E-state index is -0.267. The second-order valence-electron chi connectivity index (χ2n) is 9.77. The largest absolute Gasteiger partial charge is 0.497 e. The van der Waals surface area contributed by atoms with Crippen molar-refractivity contribution in [2.75, 3.05) is 19.0 Å². The van der Waals surface area contributed by atoms with Crippen LogP contribution in [-0.4, -0.2) is 41.7 Å². The number of nitrogens with one attached hydrogen (secondary N) is 2. The Balaban J connectivity index is 1.37. The molecule has 1 heterocycles. The van der Waals surface area contributed by atoms with Crippen LogP contribution in [0.5, 0.6) is 5.75 Å². The molecule has 6 nitrogen and oxygen atoms in total. The standard InChI is InChI=1S/C29H37FN4O2/c1-21(32-27-19-26(36-2)18-23-9-6-16-31-28(23)27)8-7-17-34(20-22-12-14-24(30)15-13-22)29(35)33-25-10-4-3-5-11-25/h6,9,12-16,18-19,21,25,32H,3-5,7-8,10-11,17,20H2,1-2H3,(H,33,35). The summed E-state index contributed by atoms with van der Waals surface area (Å²) >= 11 is 0. The number of ether oxygens (including phenoxy) is 1. The lowest BCUT2D eigenvalue weighted by Crippen LogP contribution is -2.45. The molecule has 0 bridgehead atoms. The summed E-state index contributed by atoms with van der Waals surface area (Å²) in [6.45, 7) is 3.23. The molecule has 0 saturated heterocycles. The van der Waals surface area contributed by atoms with Crippen LogP contribution in [-0.2, 0) is 6.54 Å². The van der Waals surface area contributed by atoms with Gasteiger partial charge in [-0.15, -0.1) is 0 Å². The van der Waals surface area contributed by atoms with Crippen LogP contribution in [0.4, 0.5) is 14.9 Å². The van der Waals surface area contributed by atoms with Gasteiger partial charge in [0, 0.05) is 42.8 Å². The van der Waals surface area contributed by atoms with Crippen molar-refractivity contribution < 1.29 is 13.9 Å². The van der Waals surface area contributed by atoms with Crippen LogP contribution < -0.4 is 15.4 Å². The number of carbonyl (C=O) groups excluding carboxylic acids is 1. The van der Waals surface area contributed by atoms with Crippen LogP contribution in [0.15, 0.2) is 54.7 Å². The number of benzene rings is 2. The van der Waals surface area contributed by atoms with Crippen molar-refractivity contribution in [2.45, 2.75) is 70.5 Å². The summed E-state index contributed by atoms with van der Waals surface area (Å²) in [5, 5.41) is 7.84. The maximum absolute atomic E-state index is 13.4. The number of rotatable bonds is 10. The number of pyridine rings is 1. The minimum Gasteiger partial charge on any atom is -0.497 e. The molecule has 0 aliphatic heterocycles. The number of hydrogen-bond acceptors (Lipinski definition) is 4. The first-order valence-corrected chi connectivity index (χ1v) is 13.0. The molecule has 0 spiro atoms. The monoisotopic (exact) mass is 492 g/mol. The van der Waals surface area contributed by atoms with Crippen molar-refractivity contribution in [2.24, 2.45) is 0 Å². The van der Waals surface area contributed by atoms with Gasteiger partial charge in [-0.25, -0.2) is 9.18 Å². The summed E-state index contributed by atoms with van der Waals surface area (Å²) in [5.74, 6) is 0.520.